The van der Waals surface area contributed by atoms with Crippen molar-refractivity contribution in [2.24, 2.45) is 0 Å². The lowest BCUT2D eigenvalue weighted by atomic mass is 10.1. The van der Waals surface area contributed by atoms with E-state index in [0.717, 1.165) is 24.4 Å². The maximum atomic E-state index is 12.6. The number of hydrogen-bond donors (Lipinski definition) is 0. The smallest absolute Gasteiger partial charge is 0.338 e. The Morgan fingerprint density at radius 3 is 2.43 bits per heavy atom. The summed E-state index contributed by atoms with van der Waals surface area (Å²) < 4.78 is 23.4. The average Bonchev–Trinajstić information content (AvgIpc) is 3.00. The third-order valence-corrected chi connectivity index (χ3v) is 4.70. The lowest BCUT2D eigenvalue weighted by molar-refractivity contribution is 0.0474. The number of benzene rings is 1. The summed E-state index contributed by atoms with van der Waals surface area (Å²) >= 11 is 0. The van der Waals surface area contributed by atoms with Gasteiger partial charge >= 0.3 is 5.97 Å². The topological polar surface area (TPSA) is 76.0 Å². The Morgan fingerprint density at radius 2 is 1.80 bits per heavy atom. The summed E-state index contributed by atoms with van der Waals surface area (Å²) in [6.45, 7) is 8.76. The molecule has 1 heterocycles. The zero-order valence-electron chi connectivity index (χ0n) is 18.6. The second-order valence-electron chi connectivity index (χ2n) is 7.31. The van der Waals surface area contributed by atoms with E-state index in [1.54, 1.807) is 25.3 Å². The van der Waals surface area contributed by atoms with Crippen molar-refractivity contribution < 1.29 is 28.5 Å². The largest absolute Gasteiger partial charge is 0.493 e. The lowest BCUT2D eigenvalue weighted by Crippen LogP contribution is -2.15. The number of esters is 1. The van der Waals surface area contributed by atoms with Gasteiger partial charge in [0.2, 0.25) is 5.78 Å². The molecule has 0 N–H and O–H groups in total. The van der Waals surface area contributed by atoms with Crippen molar-refractivity contribution in [3.8, 4) is 11.5 Å². The molecule has 0 spiro atoms. The van der Waals surface area contributed by atoms with Crippen molar-refractivity contribution in [3.05, 3.63) is 46.8 Å². The van der Waals surface area contributed by atoms with E-state index < -0.39 is 5.97 Å². The molecule has 0 aliphatic heterocycles. The molecule has 1 aromatic carbocycles. The number of nitrogens with zero attached hydrogens (tertiary/aromatic N) is 1. The number of carbonyl (C=O) groups is 2. The Bertz CT molecular complexity index is 884. The van der Waals surface area contributed by atoms with Crippen LogP contribution in [0.5, 0.6) is 11.5 Å². The molecule has 0 radical (unpaired) electrons. The van der Waals surface area contributed by atoms with Crippen LogP contribution in [-0.2, 0) is 16.0 Å². The fourth-order valence-electron chi connectivity index (χ4n) is 3.23. The summed E-state index contributed by atoms with van der Waals surface area (Å²) in [5.74, 6) is 0.151. The number of aryl methyl sites for hydroxylation is 1. The molecular weight excluding hydrogens is 386 g/mol. The van der Waals surface area contributed by atoms with Crippen LogP contribution in [0.3, 0.4) is 0 Å². The van der Waals surface area contributed by atoms with Gasteiger partial charge in [-0.05, 0) is 58.4 Å². The first-order chi connectivity index (χ1) is 14.3. The van der Waals surface area contributed by atoms with Gasteiger partial charge in [0.25, 0.3) is 0 Å². The number of carbonyl (C=O) groups excluding carboxylic acids is 2. The molecule has 0 aliphatic rings. The summed E-state index contributed by atoms with van der Waals surface area (Å²) in [5.41, 5.74) is 2.71. The molecule has 0 aliphatic carbocycles. The fraction of sp³-hybridized carbons (Fsp3) is 0.478. The van der Waals surface area contributed by atoms with Crippen LogP contribution in [0.2, 0.25) is 0 Å². The Balaban J connectivity index is 2.04. The number of ketones is 1. The molecule has 30 heavy (non-hydrogen) atoms. The quantitative estimate of drug-likeness (QED) is 0.313. The Labute approximate surface area is 177 Å². The van der Waals surface area contributed by atoms with Crippen LogP contribution >= 0.6 is 0 Å². The van der Waals surface area contributed by atoms with Crippen LogP contribution < -0.4 is 9.47 Å². The summed E-state index contributed by atoms with van der Waals surface area (Å²) in [6, 6.07) is 6.63. The van der Waals surface area contributed by atoms with Gasteiger partial charge in [-0.2, -0.15) is 0 Å². The highest BCUT2D eigenvalue weighted by Crippen LogP contribution is 2.29. The molecule has 0 saturated heterocycles. The van der Waals surface area contributed by atoms with Crippen LogP contribution in [-0.4, -0.2) is 49.9 Å². The van der Waals surface area contributed by atoms with Gasteiger partial charge in [0.15, 0.2) is 18.1 Å². The first-order valence-corrected chi connectivity index (χ1v) is 9.99. The lowest BCUT2D eigenvalue weighted by Gasteiger charge is -2.14. The zero-order chi connectivity index (χ0) is 22.3. The Hall–Kier alpha value is -2.80. The molecule has 1 aromatic heterocycles. The minimum absolute atomic E-state index is 0.0252. The minimum Gasteiger partial charge on any atom is -0.493 e. The monoisotopic (exact) mass is 417 g/mol. The molecule has 2 rings (SSSR count). The molecule has 2 aromatic rings. The van der Waals surface area contributed by atoms with E-state index in [1.165, 1.54) is 7.11 Å². The van der Waals surface area contributed by atoms with Gasteiger partial charge in [-0.25, -0.2) is 4.79 Å². The van der Waals surface area contributed by atoms with Gasteiger partial charge in [0, 0.05) is 37.2 Å². The Kier molecular flexibility index (Phi) is 8.47. The van der Waals surface area contributed by atoms with E-state index >= 15 is 0 Å². The average molecular weight is 418 g/mol. The van der Waals surface area contributed by atoms with Crippen molar-refractivity contribution in [2.75, 3.05) is 27.4 Å². The van der Waals surface area contributed by atoms with Gasteiger partial charge in [0.05, 0.1) is 18.8 Å². The second-order valence-corrected chi connectivity index (χ2v) is 7.31. The van der Waals surface area contributed by atoms with Gasteiger partial charge in [0.1, 0.15) is 0 Å². The highest BCUT2D eigenvalue weighted by molar-refractivity contribution is 6.00. The molecule has 0 atom stereocenters. The van der Waals surface area contributed by atoms with Gasteiger partial charge in [-0.3, -0.25) is 4.79 Å². The first kappa shape index (κ1) is 23.5. The van der Waals surface area contributed by atoms with E-state index in [4.69, 9.17) is 18.9 Å². The molecule has 7 heteroatoms. The van der Waals surface area contributed by atoms with Crippen LogP contribution in [0.25, 0.3) is 0 Å². The predicted octanol–water partition coefficient (Wildman–Crippen LogP) is 3.98. The van der Waals surface area contributed by atoms with Crippen LogP contribution in [0, 0.1) is 13.8 Å². The van der Waals surface area contributed by atoms with E-state index in [9.17, 15) is 9.59 Å². The summed E-state index contributed by atoms with van der Waals surface area (Å²) in [6.07, 6.45) is 0.830. The standard InChI is InChI=1S/C23H31NO6/c1-15(2)30-21-9-8-18(13-22(21)28-6)23(26)29-14-20(25)19-12-16(3)24(17(19)4)10-7-11-27-5/h8-9,12-13,15H,7,10-11,14H2,1-6H3. The molecule has 164 valence electrons. The summed E-state index contributed by atoms with van der Waals surface area (Å²) in [5, 5.41) is 0. The van der Waals surface area contributed by atoms with Crippen molar-refractivity contribution in [1.82, 2.24) is 4.57 Å². The van der Waals surface area contributed by atoms with Gasteiger partial charge < -0.3 is 23.5 Å². The number of ether oxygens (including phenoxy) is 4. The number of methoxy groups -OCH3 is 2. The maximum absolute atomic E-state index is 12.6. The number of aromatic nitrogens is 1. The molecule has 0 amide bonds. The summed E-state index contributed by atoms with van der Waals surface area (Å²) in [4.78, 5) is 25.1. The Morgan fingerprint density at radius 1 is 1.07 bits per heavy atom. The van der Waals surface area contributed by atoms with E-state index in [0.29, 0.717) is 29.2 Å². The van der Waals surface area contributed by atoms with Crippen LogP contribution in [0.15, 0.2) is 24.3 Å². The predicted molar refractivity (Wildman–Crippen MR) is 114 cm³/mol. The van der Waals surface area contributed by atoms with Crippen molar-refractivity contribution in [3.63, 3.8) is 0 Å². The fourth-order valence-corrected chi connectivity index (χ4v) is 3.23. The van der Waals surface area contributed by atoms with Crippen molar-refractivity contribution in [1.29, 1.82) is 0 Å². The van der Waals surface area contributed by atoms with E-state index in [1.807, 2.05) is 33.8 Å². The molecule has 0 bridgehead atoms. The first-order valence-electron chi connectivity index (χ1n) is 9.99. The normalized spacial score (nSPS) is 10.9. The highest BCUT2D eigenvalue weighted by atomic mass is 16.5. The minimum atomic E-state index is -0.591. The maximum Gasteiger partial charge on any atom is 0.338 e. The second kappa shape index (κ2) is 10.8. The van der Waals surface area contributed by atoms with Gasteiger partial charge in [-0.15, -0.1) is 0 Å². The molecule has 7 nitrogen and oxygen atoms in total. The van der Waals surface area contributed by atoms with Gasteiger partial charge in [-0.1, -0.05) is 0 Å². The van der Waals surface area contributed by atoms with Crippen LogP contribution in [0.4, 0.5) is 0 Å². The molecule has 0 unspecified atom stereocenters. The number of rotatable bonds is 11. The van der Waals surface area contributed by atoms with Crippen LogP contribution in [0.1, 0.15) is 52.4 Å². The third-order valence-electron chi connectivity index (χ3n) is 4.70. The molecular formula is C23H31NO6. The third kappa shape index (κ3) is 5.86. The zero-order valence-corrected chi connectivity index (χ0v) is 18.6. The molecule has 0 fully saturated rings. The highest BCUT2D eigenvalue weighted by Gasteiger charge is 2.19. The SMILES string of the molecule is COCCCn1c(C)cc(C(=O)COC(=O)c2ccc(OC(C)C)c(OC)c2)c1C. The number of Topliss-reactive ketones (excluding diaryl/α,β-unsaturated/α-hetero) is 1. The summed E-state index contributed by atoms with van der Waals surface area (Å²) in [7, 11) is 3.17. The number of hydrogen-bond acceptors (Lipinski definition) is 6. The van der Waals surface area contributed by atoms with Crippen molar-refractivity contribution in [2.45, 2.75) is 46.8 Å². The van der Waals surface area contributed by atoms with E-state index in [2.05, 4.69) is 4.57 Å². The molecule has 0 saturated carbocycles. The van der Waals surface area contributed by atoms with E-state index in [-0.39, 0.29) is 18.5 Å². The van der Waals surface area contributed by atoms with Crippen molar-refractivity contribution >= 4 is 11.8 Å².